The second-order valence-electron chi connectivity index (χ2n) is 10.5. The highest BCUT2D eigenvalue weighted by Gasteiger charge is 2.29. The summed E-state index contributed by atoms with van der Waals surface area (Å²) >= 11 is 6.02. The van der Waals surface area contributed by atoms with Gasteiger partial charge in [0.1, 0.15) is 17.3 Å². The van der Waals surface area contributed by atoms with Crippen molar-refractivity contribution in [3.63, 3.8) is 0 Å². The molecule has 5 nitrogen and oxygen atoms in total. The van der Waals surface area contributed by atoms with Gasteiger partial charge in [0.2, 0.25) is 0 Å². The van der Waals surface area contributed by atoms with Crippen molar-refractivity contribution in [3.05, 3.63) is 83.8 Å². The molecule has 2 aliphatic rings. The van der Waals surface area contributed by atoms with Gasteiger partial charge in [0.15, 0.2) is 0 Å². The van der Waals surface area contributed by atoms with E-state index in [2.05, 4.69) is 78.1 Å². The summed E-state index contributed by atoms with van der Waals surface area (Å²) in [6, 6.07) is 16.7. The summed E-state index contributed by atoms with van der Waals surface area (Å²) in [7, 11) is 0. The summed E-state index contributed by atoms with van der Waals surface area (Å²) in [5.41, 5.74) is 3.22. The summed E-state index contributed by atoms with van der Waals surface area (Å²) in [5.74, 6) is 3.99. The van der Waals surface area contributed by atoms with Crippen molar-refractivity contribution in [1.82, 2.24) is 14.5 Å². The van der Waals surface area contributed by atoms with Crippen molar-refractivity contribution < 1.29 is 9.47 Å². The molecule has 3 aromatic rings. The van der Waals surface area contributed by atoms with Gasteiger partial charge in [-0.2, -0.15) is 0 Å². The standard InChI is InChI=1S/C33H40ClN3O2/c1-3-36(4-2)21-5-22-38-31-18-14-29(15-19-31)37-24-32(35-33(37)27-8-9-27)26-10-16-30(17-11-26)39-23-20-25-6-12-28(34)13-7-25/h6,10-19,24-25,27H,3-5,7-9,20-23H2,1-2H3. The highest BCUT2D eigenvalue weighted by atomic mass is 35.5. The number of aromatic nitrogens is 2. The van der Waals surface area contributed by atoms with Gasteiger partial charge in [0.25, 0.3) is 0 Å². The molecule has 1 aromatic heterocycles. The van der Waals surface area contributed by atoms with Crippen molar-refractivity contribution in [2.24, 2.45) is 5.92 Å². The highest BCUT2D eigenvalue weighted by Crippen LogP contribution is 2.41. The van der Waals surface area contributed by atoms with E-state index in [-0.39, 0.29) is 0 Å². The minimum atomic E-state index is 0.495. The molecule has 39 heavy (non-hydrogen) atoms. The van der Waals surface area contributed by atoms with Crippen molar-refractivity contribution >= 4 is 11.6 Å². The van der Waals surface area contributed by atoms with E-state index in [1.165, 1.54) is 12.8 Å². The summed E-state index contributed by atoms with van der Waals surface area (Å²) in [5, 5.41) is 0.831. The van der Waals surface area contributed by atoms with Crippen molar-refractivity contribution in [2.75, 3.05) is 32.8 Å². The number of hydrogen-bond acceptors (Lipinski definition) is 4. The van der Waals surface area contributed by atoms with E-state index in [4.69, 9.17) is 26.1 Å². The predicted molar refractivity (Wildman–Crippen MR) is 160 cm³/mol. The van der Waals surface area contributed by atoms with Gasteiger partial charge in [-0.3, -0.25) is 0 Å². The van der Waals surface area contributed by atoms with Gasteiger partial charge >= 0.3 is 0 Å². The maximum Gasteiger partial charge on any atom is 0.119 e. The lowest BCUT2D eigenvalue weighted by molar-refractivity contribution is 0.249. The summed E-state index contributed by atoms with van der Waals surface area (Å²) in [6.07, 6.45) is 13.8. The molecule has 1 unspecified atom stereocenters. The molecule has 6 heteroatoms. The Morgan fingerprint density at radius 2 is 1.64 bits per heavy atom. The highest BCUT2D eigenvalue weighted by molar-refractivity contribution is 6.31. The zero-order valence-electron chi connectivity index (χ0n) is 23.2. The molecule has 2 aliphatic carbocycles. The third kappa shape index (κ3) is 7.55. The fourth-order valence-electron chi connectivity index (χ4n) is 4.99. The zero-order valence-corrected chi connectivity index (χ0v) is 23.9. The average molecular weight is 546 g/mol. The van der Waals surface area contributed by atoms with Gasteiger partial charge in [-0.05, 0) is 106 Å². The van der Waals surface area contributed by atoms with Crippen LogP contribution >= 0.6 is 11.6 Å². The SMILES string of the molecule is CCN(CC)CCCOc1ccc(-n2cc(-c3ccc(OCCC4C=CC(Cl)=CC4)cc3)nc2C2CC2)cc1. The Hall–Kier alpha value is -3.02. The van der Waals surface area contributed by atoms with Crippen LogP contribution in [-0.2, 0) is 0 Å². The molecule has 5 rings (SSSR count). The molecule has 0 bridgehead atoms. The molecular formula is C33H40ClN3O2. The smallest absolute Gasteiger partial charge is 0.119 e. The normalized spacial score (nSPS) is 16.9. The van der Waals surface area contributed by atoms with Crippen LogP contribution in [-0.4, -0.2) is 47.3 Å². The van der Waals surface area contributed by atoms with E-state index < -0.39 is 0 Å². The molecule has 0 amide bonds. The van der Waals surface area contributed by atoms with Crippen LogP contribution in [0.15, 0.2) is 78.0 Å². The van der Waals surface area contributed by atoms with Gasteiger partial charge < -0.3 is 18.9 Å². The van der Waals surface area contributed by atoms with Crippen LogP contribution in [0.2, 0.25) is 0 Å². The van der Waals surface area contributed by atoms with Crippen LogP contribution in [0.4, 0.5) is 0 Å². The molecule has 2 aromatic carbocycles. The first-order chi connectivity index (χ1) is 19.1. The van der Waals surface area contributed by atoms with Gasteiger partial charge in [-0.15, -0.1) is 0 Å². The summed E-state index contributed by atoms with van der Waals surface area (Å²) in [6.45, 7) is 9.09. The molecule has 1 saturated carbocycles. The van der Waals surface area contributed by atoms with Crippen LogP contribution in [0.25, 0.3) is 16.9 Å². The molecule has 0 spiro atoms. The Bertz CT molecular complexity index is 1260. The number of rotatable bonds is 14. The molecule has 0 saturated heterocycles. The summed E-state index contributed by atoms with van der Waals surface area (Å²) in [4.78, 5) is 7.48. The Labute approximate surface area is 238 Å². The van der Waals surface area contributed by atoms with E-state index >= 15 is 0 Å². The van der Waals surface area contributed by atoms with Gasteiger partial charge in [-0.25, -0.2) is 4.98 Å². The monoisotopic (exact) mass is 545 g/mol. The Balaban J connectivity index is 1.18. The van der Waals surface area contributed by atoms with Crippen LogP contribution in [0.3, 0.4) is 0 Å². The van der Waals surface area contributed by atoms with E-state index in [9.17, 15) is 0 Å². The fraction of sp³-hybridized carbons (Fsp3) is 0.424. The maximum absolute atomic E-state index is 6.02. The first-order valence-electron chi connectivity index (χ1n) is 14.4. The van der Waals surface area contributed by atoms with Crippen LogP contribution in [0.1, 0.15) is 57.7 Å². The molecule has 0 radical (unpaired) electrons. The molecule has 1 heterocycles. The van der Waals surface area contributed by atoms with Gasteiger partial charge in [0.05, 0.1) is 18.9 Å². The summed E-state index contributed by atoms with van der Waals surface area (Å²) < 4.78 is 14.3. The Morgan fingerprint density at radius 3 is 2.28 bits per heavy atom. The minimum Gasteiger partial charge on any atom is -0.494 e. The first-order valence-corrected chi connectivity index (χ1v) is 14.8. The second kappa shape index (κ2) is 13.4. The fourth-order valence-corrected chi connectivity index (χ4v) is 5.16. The van der Waals surface area contributed by atoms with Crippen molar-refractivity contribution in [1.29, 1.82) is 0 Å². The largest absolute Gasteiger partial charge is 0.494 e. The lowest BCUT2D eigenvalue weighted by Crippen LogP contribution is -2.25. The lowest BCUT2D eigenvalue weighted by atomic mass is 9.98. The number of nitrogens with zero attached hydrogens (tertiary/aromatic N) is 3. The average Bonchev–Trinajstić information content (AvgIpc) is 3.73. The number of imidazole rings is 1. The number of allylic oxidation sites excluding steroid dienone is 4. The Morgan fingerprint density at radius 1 is 0.949 bits per heavy atom. The second-order valence-corrected chi connectivity index (χ2v) is 10.9. The van der Waals surface area contributed by atoms with Crippen molar-refractivity contribution in [3.8, 4) is 28.4 Å². The van der Waals surface area contributed by atoms with Gasteiger partial charge in [0, 0.05) is 34.9 Å². The zero-order chi connectivity index (χ0) is 27.0. The molecule has 1 fully saturated rings. The number of ether oxygens (including phenoxy) is 2. The quantitative estimate of drug-likeness (QED) is 0.192. The van der Waals surface area contributed by atoms with E-state index in [0.29, 0.717) is 18.4 Å². The lowest BCUT2D eigenvalue weighted by Gasteiger charge is -2.17. The maximum atomic E-state index is 6.02. The molecule has 1 atom stereocenters. The number of hydrogen-bond donors (Lipinski definition) is 0. The first kappa shape index (κ1) is 27.5. The van der Waals surface area contributed by atoms with E-state index in [1.807, 2.05) is 18.2 Å². The third-order valence-corrected chi connectivity index (χ3v) is 7.90. The van der Waals surface area contributed by atoms with E-state index in [1.54, 1.807) is 0 Å². The van der Waals surface area contributed by atoms with Crippen molar-refractivity contribution in [2.45, 2.75) is 51.9 Å². The molecule has 206 valence electrons. The molecule has 0 aliphatic heterocycles. The number of halogens is 1. The van der Waals surface area contributed by atoms with E-state index in [0.717, 1.165) is 84.8 Å². The third-order valence-electron chi connectivity index (χ3n) is 7.62. The molecule has 0 N–H and O–H groups in total. The van der Waals surface area contributed by atoms with Crippen LogP contribution in [0.5, 0.6) is 11.5 Å². The topological polar surface area (TPSA) is 39.5 Å². The molecular weight excluding hydrogens is 506 g/mol. The predicted octanol–water partition coefficient (Wildman–Crippen LogP) is 8.00. The minimum absolute atomic E-state index is 0.495. The van der Waals surface area contributed by atoms with Crippen LogP contribution in [0, 0.1) is 5.92 Å². The Kier molecular flexibility index (Phi) is 9.44. The number of benzene rings is 2. The van der Waals surface area contributed by atoms with Crippen LogP contribution < -0.4 is 9.47 Å². The van der Waals surface area contributed by atoms with Gasteiger partial charge in [-0.1, -0.05) is 37.6 Å².